The van der Waals surface area contributed by atoms with Gasteiger partial charge in [-0.25, -0.2) is 19.9 Å². The molecule has 0 saturated carbocycles. The fourth-order valence-electron chi connectivity index (χ4n) is 2.03. The maximum Gasteiger partial charge on any atom is 0.207 e. The van der Waals surface area contributed by atoms with Crippen molar-refractivity contribution >= 4 is 28.8 Å². The molecule has 4 heterocycles. The third kappa shape index (κ3) is 1.57. The van der Waals surface area contributed by atoms with E-state index in [1.54, 1.807) is 35.9 Å². The highest BCUT2D eigenvalue weighted by atomic mass is 16.4. The van der Waals surface area contributed by atoms with Crippen LogP contribution in [0.25, 0.3) is 11.2 Å². The molecule has 0 unspecified atom stereocenters. The zero-order valence-electron chi connectivity index (χ0n) is 10.2. The number of rotatable bonds is 3. The molecule has 0 fully saturated rings. The molecule has 4 aromatic heterocycles. The summed E-state index contributed by atoms with van der Waals surface area (Å²) in [5, 5.41) is 0. The number of nitrogens with zero attached hydrogens (tertiary/aromatic N) is 4. The number of furan rings is 2. The van der Waals surface area contributed by atoms with Gasteiger partial charge in [-0.05, 0) is 12.1 Å². The molecule has 20 heavy (non-hydrogen) atoms. The van der Waals surface area contributed by atoms with Crippen LogP contribution in [-0.2, 0) is 0 Å². The lowest BCUT2D eigenvalue weighted by molar-refractivity contribution is 0.538. The minimum atomic E-state index is 0.582. The molecule has 0 bridgehead atoms. The average Bonchev–Trinajstić information content (AvgIpc) is 3.22. The summed E-state index contributed by atoms with van der Waals surface area (Å²) in [5.41, 5.74) is 1.29. The van der Waals surface area contributed by atoms with Crippen LogP contribution in [0.2, 0.25) is 0 Å². The van der Waals surface area contributed by atoms with E-state index in [2.05, 4.69) is 19.9 Å². The first-order valence-corrected chi connectivity index (χ1v) is 5.95. The van der Waals surface area contributed by atoms with Crippen LogP contribution in [0, 0.1) is 0 Å². The molecule has 4 aromatic rings. The number of aromatic nitrogens is 4. The van der Waals surface area contributed by atoms with Crippen LogP contribution in [0.3, 0.4) is 0 Å². The second-order valence-electron chi connectivity index (χ2n) is 4.04. The predicted octanol–water partition coefficient (Wildman–Crippen LogP) is 3.01. The molecular weight excluding hydrogens is 258 g/mol. The molecule has 0 aliphatic carbocycles. The predicted molar refractivity (Wildman–Crippen MR) is 70.9 cm³/mol. The minimum absolute atomic E-state index is 0.582. The van der Waals surface area contributed by atoms with E-state index in [0.29, 0.717) is 28.8 Å². The van der Waals surface area contributed by atoms with Gasteiger partial charge in [0.1, 0.15) is 11.8 Å². The standard InChI is InChI=1S/C13H9N5O2/c1-3-9(19-5-1)18(10-4-2-6-20-10)13-11-12(15-7-14-11)16-8-17-13/h1-8H,(H,14,15,16,17). The Bertz CT molecular complexity index is 785. The lowest BCUT2D eigenvalue weighted by Crippen LogP contribution is -2.10. The fraction of sp³-hybridized carbons (Fsp3) is 0. The van der Waals surface area contributed by atoms with Crippen molar-refractivity contribution in [2.45, 2.75) is 0 Å². The quantitative estimate of drug-likeness (QED) is 0.614. The van der Waals surface area contributed by atoms with E-state index < -0.39 is 0 Å². The molecule has 0 radical (unpaired) electrons. The normalized spacial score (nSPS) is 11.0. The van der Waals surface area contributed by atoms with Gasteiger partial charge in [-0.1, -0.05) is 0 Å². The highest BCUT2D eigenvalue weighted by Gasteiger charge is 2.21. The number of imidazole rings is 1. The molecule has 0 aromatic carbocycles. The van der Waals surface area contributed by atoms with Crippen LogP contribution in [0.4, 0.5) is 17.6 Å². The second kappa shape index (κ2) is 4.23. The number of hydrogen-bond acceptors (Lipinski definition) is 6. The summed E-state index contributed by atoms with van der Waals surface area (Å²) < 4.78 is 10.9. The average molecular weight is 267 g/mol. The lowest BCUT2D eigenvalue weighted by Gasteiger charge is -2.17. The Kier molecular flexibility index (Phi) is 2.28. The van der Waals surface area contributed by atoms with Crippen LogP contribution in [0.5, 0.6) is 0 Å². The van der Waals surface area contributed by atoms with Crippen molar-refractivity contribution < 1.29 is 8.83 Å². The van der Waals surface area contributed by atoms with E-state index in [9.17, 15) is 0 Å². The summed E-state index contributed by atoms with van der Waals surface area (Å²) >= 11 is 0. The van der Waals surface area contributed by atoms with Gasteiger partial charge >= 0.3 is 0 Å². The number of fused-ring (bicyclic) bond motifs is 1. The van der Waals surface area contributed by atoms with Crippen molar-refractivity contribution in [3.05, 3.63) is 49.4 Å². The smallest absolute Gasteiger partial charge is 0.207 e. The van der Waals surface area contributed by atoms with E-state index in [4.69, 9.17) is 8.83 Å². The van der Waals surface area contributed by atoms with Crippen LogP contribution >= 0.6 is 0 Å². The molecule has 0 aliphatic rings. The molecule has 0 aliphatic heterocycles. The summed E-state index contributed by atoms with van der Waals surface area (Å²) in [6, 6.07) is 7.26. The van der Waals surface area contributed by atoms with Gasteiger partial charge in [0, 0.05) is 12.1 Å². The van der Waals surface area contributed by atoms with Crippen LogP contribution in [0.15, 0.2) is 58.3 Å². The SMILES string of the molecule is c1coc(N(c2ccco2)c2ncnc3nc[nH]c23)c1. The maximum atomic E-state index is 5.47. The second-order valence-corrected chi connectivity index (χ2v) is 4.04. The molecule has 0 saturated heterocycles. The van der Waals surface area contributed by atoms with Crippen molar-refractivity contribution in [3.63, 3.8) is 0 Å². The molecule has 1 N–H and O–H groups in total. The van der Waals surface area contributed by atoms with Gasteiger partial charge in [-0.15, -0.1) is 0 Å². The van der Waals surface area contributed by atoms with E-state index in [1.165, 1.54) is 6.33 Å². The topological polar surface area (TPSA) is 84.0 Å². The molecule has 0 spiro atoms. The Morgan fingerprint density at radius 3 is 2.35 bits per heavy atom. The molecule has 7 nitrogen and oxygen atoms in total. The summed E-state index contributed by atoms with van der Waals surface area (Å²) in [5.74, 6) is 1.79. The van der Waals surface area contributed by atoms with Gasteiger partial charge < -0.3 is 13.8 Å². The Balaban J connectivity index is 1.97. The Morgan fingerprint density at radius 2 is 1.70 bits per heavy atom. The first-order chi connectivity index (χ1) is 9.93. The van der Waals surface area contributed by atoms with Crippen molar-refractivity contribution in [3.8, 4) is 0 Å². The summed E-state index contributed by atoms with van der Waals surface area (Å²) in [6.07, 6.45) is 6.22. The number of H-pyrrole nitrogens is 1. The number of anilines is 3. The fourth-order valence-corrected chi connectivity index (χ4v) is 2.03. The van der Waals surface area contributed by atoms with Crippen LogP contribution in [-0.4, -0.2) is 19.9 Å². The minimum Gasteiger partial charge on any atom is -0.448 e. The van der Waals surface area contributed by atoms with Crippen molar-refractivity contribution in [1.29, 1.82) is 0 Å². The van der Waals surface area contributed by atoms with Gasteiger partial charge in [-0.2, -0.15) is 0 Å². The molecule has 0 atom stereocenters. The largest absolute Gasteiger partial charge is 0.448 e. The van der Waals surface area contributed by atoms with E-state index in [1.807, 2.05) is 12.1 Å². The van der Waals surface area contributed by atoms with Gasteiger partial charge in [0.15, 0.2) is 11.5 Å². The number of aromatic amines is 1. The van der Waals surface area contributed by atoms with E-state index in [0.717, 1.165) is 0 Å². The zero-order valence-corrected chi connectivity index (χ0v) is 10.2. The monoisotopic (exact) mass is 267 g/mol. The molecular formula is C13H9N5O2. The van der Waals surface area contributed by atoms with Gasteiger partial charge in [0.2, 0.25) is 11.8 Å². The Hall–Kier alpha value is -3.09. The third-order valence-electron chi connectivity index (χ3n) is 2.87. The first kappa shape index (κ1) is 10.8. The lowest BCUT2D eigenvalue weighted by atomic mass is 10.4. The Labute approximate surface area is 112 Å². The summed E-state index contributed by atoms with van der Waals surface area (Å²) in [4.78, 5) is 17.3. The summed E-state index contributed by atoms with van der Waals surface area (Å²) in [7, 11) is 0. The molecule has 98 valence electrons. The number of nitrogens with one attached hydrogen (secondary N) is 1. The highest BCUT2D eigenvalue weighted by Crippen LogP contribution is 2.35. The first-order valence-electron chi connectivity index (χ1n) is 5.95. The van der Waals surface area contributed by atoms with E-state index >= 15 is 0 Å². The van der Waals surface area contributed by atoms with Gasteiger partial charge in [0.05, 0.1) is 18.9 Å². The highest BCUT2D eigenvalue weighted by molar-refractivity contribution is 5.88. The van der Waals surface area contributed by atoms with Crippen molar-refractivity contribution in [1.82, 2.24) is 19.9 Å². The third-order valence-corrected chi connectivity index (χ3v) is 2.87. The van der Waals surface area contributed by atoms with Gasteiger partial charge in [-0.3, -0.25) is 0 Å². The maximum absolute atomic E-state index is 5.47. The molecule has 4 rings (SSSR count). The number of hydrogen-bond donors (Lipinski definition) is 1. The summed E-state index contributed by atoms with van der Waals surface area (Å²) in [6.45, 7) is 0. The van der Waals surface area contributed by atoms with Crippen LogP contribution in [0.1, 0.15) is 0 Å². The van der Waals surface area contributed by atoms with Crippen molar-refractivity contribution in [2.24, 2.45) is 0 Å². The van der Waals surface area contributed by atoms with Crippen molar-refractivity contribution in [2.75, 3.05) is 4.90 Å². The van der Waals surface area contributed by atoms with Gasteiger partial charge in [0.25, 0.3) is 0 Å². The zero-order chi connectivity index (χ0) is 13.4. The van der Waals surface area contributed by atoms with E-state index in [-0.39, 0.29) is 0 Å². The Morgan fingerprint density at radius 1 is 0.950 bits per heavy atom. The molecule has 0 amide bonds. The molecule has 7 heteroatoms. The van der Waals surface area contributed by atoms with Crippen LogP contribution < -0.4 is 4.90 Å².